The lowest BCUT2D eigenvalue weighted by Crippen LogP contribution is -2.48. The molecule has 0 saturated carbocycles. The van der Waals surface area contributed by atoms with E-state index < -0.39 is 16.7 Å². The second-order valence-electron chi connectivity index (χ2n) is 6.80. The van der Waals surface area contributed by atoms with Gasteiger partial charge in [0.05, 0.1) is 22.3 Å². The van der Waals surface area contributed by atoms with Crippen molar-refractivity contribution in [1.29, 1.82) is 0 Å². The minimum Gasteiger partial charge on any atom is -0.304 e. The standard InChI is InChI=1S/C20H16Cl2N4O3S/c1-11(27)23-19-24-26(12(2)28)20(30-19)14-8-9-15(21)16(22)17(14)25(18(20)29)10-13-6-4-3-5-7-13/h3-9H,10H2,1-2H3,(H,23,24,27)/t20-/m1/s1. The van der Waals surface area contributed by atoms with E-state index in [0.717, 1.165) is 22.3 Å². The van der Waals surface area contributed by atoms with E-state index in [-0.39, 0.29) is 22.6 Å². The Balaban J connectivity index is 1.88. The fourth-order valence-corrected chi connectivity index (χ4v) is 5.30. The maximum Gasteiger partial charge on any atom is 0.271 e. The van der Waals surface area contributed by atoms with Crippen LogP contribution in [0.3, 0.4) is 0 Å². The summed E-state index contributed by atoms with van der Waals surface area (Å²) in [5.41, 5.74) is 1.79. The molecule has 7 nitrogen and oxygen atoms in total. The van der Waals surface area contributed by atoms with Crippen LogP contribution in [0.2, 0.25) is 10.0 Å². The monoisotopic (exact) mass is 462 g/mol. The first-order valence-electron chi connectivity index (χ1n) is 8.96. The molecule has 2 aliphatic rings. The van der Waals surface area contributed by atoms with Gasteiger partial charge in [-0.1, -0.05) is 59.6 Å². The van der Waals surface area contributed by atoms with Gasteiger partial charge in [0.25, 0.3) is 5.91 Å². The predicted octanol–water partition coefficient (Wildman–Crippen LogP) is 3.70. The Morgan fingerprint density at radius 1 is 1.13 bits per heavy atom. The fourth-order valence-electron chi connectivity index (χ4n) is 3.56. The number of carbonyl (C=O) groups is 3. The van der Waals surface area contributed by atoms with Crippen molar-refractivity contribution in [3.63, 3.8) is 0 Å². The molecule has 2 aromatic carbocycles. The molecule has 3 amide bonds. The Morgan fingerprint density at radius 2 is 1.83 bits per heavy atom. The number of fused-ring (bicyclic) bond motifs is 2. The normalized spacial score (nSPS) is 19.9. The smallest absolute Gasteiger partial charge is 0.271 e. The third kappa shape index (κ3) is 3.15. The maximum atomic E-state index is 13.8. The molecule has 10 heteroatoms. The molecule has 0 unspecified atom stereocenters. The number of benzene rings is 2. The zero-order chi connectivity index (χ0) is 21.6. The van der Waals surface area contributed by atoms with Gasteiger partial charge in [-0.3, -0.25) is 14.4 Å². The molecule has 2 aromatic rings. The number of amidine groups is 1. The lowest BCUT2D eigenvalue weighted by molar-refractivity contribution is -0.139. The topological polar surface area (TPSA) is 82.1 Å². The van der Waals surface area contributed by atoms with Gasteiger partial charge in [-0.2, -0.15) is 5.01 Å². The Morgan fingerprint density at radius 3 is 2.47 bits per heavy atom. The van der Waals surface area contributed by atoms with Crippen LogP contribution < -0.4 is 10.2 Å². The predicted molar refractivity (Wildman–Crippen MR) is 117 cm³/mol. The summed E-state index contributed by atoms with van der Waals surface area (Å²) in [6.07, 6.45) is 0. The van der Waals surface area contributed by atoms with E-state index in [9.17, 15) is 14.4 Å². The quantitative estimate of drug-likeness (QED) is 0.737. The number of hydrazone groups is 1. The SMILES string of the molecule is CC(=O)NC1=NN(C(C)=O)[C@]2(S1)C(=O)N(Cc1ccccc1)c1c2ccc(Cl)c1Cl. The van der Waals surface area contributed by atoms with E-state index in [1.54, 1.807) is 12.1 Å². The van der Waals surface area contributed by atoms with Gasteiger partial charge in [0.15, 0.2) is 5.17 Å². The van der Waals surface area contributed by atoms with Crippen LogP contribution in [-0.4, -0.2) is 27.9 Å². The highest BCUT2D eigenvalue weighted by Gasteiger charge is 2.61. The summed E-state index contributed by atoms with van der Waals surface area (Å²) < 4.78 is 0. The van der Waals surface area contributed by atoms with Crippen LogP contribution in [0.1, 0.15) is 25.0 Å². The number of anilines is 1. The molecule has 0 bridgehead atoms. The zero-order valence-corrected chi connectivity index (χ0v) is 18.3. The van der Waals surface area contributed by atoms with Crippen molar-refractivity contribution in [3.8, 4) is 0 Å². The highest BCUT2D eigenvalue weighted by molar-refractivity contribution is 8.15. The first kappa shape index (κ1) is 20.7. The number of nitrogens with one attached hydrogen (secondary N) is 1. The van der Waals surface area contributed by atoms with Gasteiger partial charge < -0.3 is 10.2 Å². The number of thioether (sulfide) groups is 1. The average molecular weight is 463 g/mol. The summed E-state index contributed by atoms with van der Waals surface area (Å²) in [5, 5.41) is 8.54. The van der Waals surface area contributed by atoms with Crippen LogP contribution in [0.5, 0.6) is 0 Å². The minimum atomic E-state index is -1.51. The van der Waals surface area contributed by atoms with Crippen LogP contribution in [0.15, 0.2) is 47.6 Å². The highest BCUT2D eigenvalue weighted by Crippen LogP contribution is 2.57. The summed E-state index contributed by atoms with van der Waals surface area (Å²) in [7, 11) is 0. The van der Waals surface area contributed by atoms with Crippen LogP contribution >= 0.6 is 35.0 Å². The zero-order valence-electron chi connectivity index (χ0n) is 16.0. The number of rotatable bonds is 2. The molecule has 2 heterocycles. The molecule has 0 aromatic heterocycles. The van der Waals surface area contributed by atoms with Gasteiger partial charge in [0.1, 0.15) is 0 Å². The second-order valence-corrected chi connectivity index (χ2v) is 8.76. The van der Waals surface area contributed by atoms with Crippen LogP contribution in [0.4, 0.5) is 5.69 Å². The summed E-state index contributed by atoms with van der Waals surface area (Å²) >= 11 is 13.8. The molecule has 0 saturated heterocycles. The lowest BCUT2D eigenvalue weighted by atomic mass is 10.1. The van der Waals surface area contributed by atoms with Crippen LogP contribution in [-0.2, 0) is 25.8 Å². The second kappa shape index (κ2) is 7.61. The van der Waals surface area contributed by atoms with Crippen molar-refractivity contribution in [2.24, 2.45) is 5.10 Å². The average Bonchev–Trinajstić information content (AvgIpc) is 3.18. The van der Waals surface area contributed by atoms with Gasteiger partial charge in [0, 0.05) is 19.4 Å². The fraction of sp³-hybridized carbons (Fsp3) is 0.200. The first-order chi connectivity index (χ1) is 14.3. The molecule has 4 rings (SSSR count). The van der Waals surface area contributed by atoms with Gasteiger partial charge >= 0.3 is 0 Å². The van der Waals surface area contributed by atoms with E-state index in [4.69, 9.17) is 23.2 Å². The molecule has 1 atom stereocenters. The molecular weight excluding hydrogens is 447 g/mol. The van der Waals surface area contributed by atoms with E-state index >= 15 is 0 Å². The molecule has 1 N–H and O–H groups in total. The van der Waals surface area contributed by atoms with Crippen molar-refractivity contribution in [3.05, 3.63) is 63.6 Å². The van der Waals surface area contributed by atoms with Crippen molar-refractivity contribution in [2.75, 3.05) is 4.90 Å². The first-order valence-corrected chi connectivity index (χ1v) is 10.5. The molecule has 0 fully saturated rings. The third-order valence-corrected chi connectivity index (χ3v) is 6.77. The maximum absolute atomic E-state index is 13.8. The Bertz CT molecular complexity index is 1110. The summed E-state index contributed by atoms with van der Waals surface area (Å²) in [5.74, 6) is -1.20. The van der Waals surface area contributed by atoms with E-state index in [1.807, 2.05) is 30.3 Å². The van der Waals surface area contributed by atoms with Crippen molar-refractivity contribution < 1.29 is 14.4 Å². The molecule has 1 spiro atoms. The number of amides is 3. The molecule has 2 aliphatic heterocycles. The van der Waals surface area contributed by atoms with Gasteiger partial charge in [-0.05, 0) is 23.4 Å². The minimum absolute atomic E-state index is 0.157. The lowest BCUT2D eigenvalue weighted by Gasteiger charge is -2.29. The van der Waals surface area contributed by atoms with E-state index in [0.29, 0.717) is 16.3 Å². The number of hydrogen-bond acceptors (Lipinski definition) is 5. The Labute approximate surface area is 187 Å². The van der Waals surface area contributed by atoms with Gasteiger partial charge in [-0.15, -0.1) is 5.10 Å². The third-order valence-electron chi connectivity index (χ3n) is 4.74. The van der Waals surface area contributed by atoms with E-state index in [2.05, 4.69) is 10.4 Å². The van der Waals surface area contributed by atoms with E-state index in [1.165, 1.54) is 18.7 Å². The Kier molecular flexibility index (Phi) is 5.25. The van der Waals surface area contributed by atoms with Crippen molar-refractivity contribution in [1.82, 2.24) is 10.3 Å². The molecular formula is C20H16Cl2N4O3S. The number of nitrogens with zero attached hydrogens (tertiary/aromatic N) is 3. The largest absolute Gasteiger partial charge is 0.304 e. The molecule has 30 heavy (non-hydrogen) atoms. The van der Waals surface area contributed by atoms with Gasteiger partial charge in [0.2, 0.25) is 16.7 Å². The number of hydrogen-bond donors (Lipinski definition) is 1. The van der Waals surface area contributed by atoms with Crippen molar-refractivity contribution in [2.45, 2.75) is 25.3 Å². The number of carbonyl (C=O) groups excluding carboxylic acids is 3. The highest BCUT2D eigenvalue weighted by atomic mass is 35.5. The van der Waals surface area contributed by atoms with Crippen molar-refractivity contribution >= 4 is 63.5 Å². The number of halogens is 2. The molecule has 0 radical (unpaired) electrons. The molecule has 0 aliphatic carbocycles. The summed E-state index contributed by atoms with van der Waals surface area (Å²) in [6.45, 7) is 2.87. The van der Waals surface area contributed by atoms with Crippen LogP contribution in [0, 0.1) is 0 Å². The summed E-state index contributed by atoms with van der Waals surface area (Å²) in [4.78, 5) is 37.9. The molecule has 154 valence electrons. The summed E-state index contributed by atoms with van der Waals surface area (Å²) in [6, 6.07) is 12.7. The Hall–Kier alpha value is -2.55. The van der Waals surface area contributed by atoms with Crippen LogP contribution in [0.25, 0.3) is 0 Å². The van der Waals surface area contributed by atoms with Gasteiger partial charge in [-0.25, -0.2) is 0 Å².